The Labute approximate surface area is 100 Å². The van der Waals surface area contributed by atoms with Gasteiger partial charge in [0.25, 0.3) is 0 Å². The molecule has 0 heteroatoms. The van der Waals surface area contributed by atoms with Crippen molar-refractivity contribution in [3.63, 3.8) is 0 Å². The minimum atomic E-state index is 0.300. The second-order valence-corrected chi connectivity index (χ2v) is 6.71. The topological polar surface area (TPSA) is 0 Å². The Kier molecular flexibility index (Phi) is 2.45. The third-order valence-electron chi connectivity index (χ3n) is 4.54. The molecule has 0 aromatic heterocycles. The van der Waals surface area contributed by atoms with Crippen LogP contribution in [0.2, 0.25) is 0 Å². The number of rotatable bonds is 1. The minimum absolute atomic E-state index is 0.300. The number of fused-ring (bicyclic) bond motifs is 1. The lowest BCUT2D eigenvalue weighted by Crippen LogP contribution is -2.37. The SMILES string of the molecule is CC(C)C1C(C)(C)c2ccccc2C1(C)C. The fraction of sp³-hybridized carbons (Fsp3) is 0.625. The van der Waals surface area contributed by atoms with Crippen LogP contribution in [0.1, 0.15) is 52.7 Å². The normalized spacial score (nSPS) is 22.4. The predicted molar refractivity (Wildman–Crippen MR) is 70.8 cm³/mol. The van der Waals surface area contributed by atoms with Gasteiger partial charge in [0.05, 0.1) is 0 Å². The molecule has 1 aromatic carbocycles. The summed E-state index contributed by atoms with van der Waals surface area (Å²) in [6.07, 6.45) is 0. The highest BCUT2D eigenvalue weighted by Crippen LogP contribution is 2.56. The van der Waals surface area contributed by atoms with Gasteiger partial charge in [0.2, 0.25) is 0 Å². The lowest BCUT2D eigenvalue weighted by Gasteiger charge is -2.39. The van der Waals surface area contributed by atoms with Crippen molar-refractivity contribution >= 4 is 0 Å². The van der Waals surface area contributed by atoms with Crippen LogP contribution in [-0.4, -0.2) is 0 Å². The van der Waals surface area contributed by atoms with Crippen molar-refractivity contribution < 1.29 is 0 Å². The van der Waals surface area contributed by atoms with Gasteiger partial charge in [-0.3, -0.25) is 0 Å². The summed E-state index contributed by atoms with van der Waals surface area (Å²) in [6, 6.07) is 9.00. The monoisotopic (exact) mass is 216 g/mol. The molecular formula is C16H24. The number of benzene rings is 1. The zero-order valence-corrected chi connectivity index (χ0v) is 11.5. The third-order valence-corrected chi connectivity index (χ3v) is 4.54. The van der Waals surface area contributed by atoms with E-state index in [9.17, 15) is 0 Å². The molecule has 1 aliphatic carbocycles. The van der Waals surface area contributed by atoms with Gasteiger partial charge < -0.3 is 0 Å². The standard InChI is InChI=1S/C16H24/c1-11(2)14-15(3,4)12-9-7-8-10-13(12)16(14,5)6/h7-11,14H,1-6H3. The van der Waals surface area contributed by atoms with E-state index < -0.39 is 0 Å². The molecular weight excluding hydrogens is 192 g/mol. The van der Waals surface area contributed by atoms with Gasteiger partial charge in [0, 0.05) is 0 Å². The van der Waals surface area contributed by atoms with E-state index in [0.29, 0.717) is 10.8 Å². The van der Waals surface area contributed by atoms with Crippen molar-refractivity contribution in [2.24, 2.45) is 11.8 Å². The van der Waals surface area contributed by atoms with Crippen molar-refractivity contribution in [3.05, 3.63) is 35.4 Å². The van der Waals surface area contributed by atoms with Crippen molar-refractivity contribution in [1.29, 1.82) is 0 Å². The second kappa shape index (κ2) is 3.35. The maximum Gasteiger partial charge on any atom is -0.00617 e. The molecule has 0 aliphatic heterocycles. The van der Waals surface area contributed by atoms with Crippen LogP contribution >= 0.6 is 0 Å². The molecule has 0 unspecified atom stereocenters. The predicted octanol–water partition coefficient (Wildman–Crippen LogP) is 4.53. The Morgan fingerprint density at radius 1 is 0.875 bits per heavy atom. The zero-order chi connectivity index (χ0) is 12.1. The average molecular weight is 216 g/mol. The maximum atomic E-state index is 2.41. The van der Waals surface area contributed by atoms with Crippen LogP contribution in [0.4, 0.5) is 0 Å². The Bertz CT molecular complexity index is 361. The van der Waals surface area contributed by atoms with Gasteiger partial charge in [0.15, 0.2) is 0 Å². The highest BCUT2D eigenvalue weighted by atomic mass is 14.5. The number of hydrogen-bond donors (Lipinski definition) is 0. The highest BCUT2D eigenvalue weighted by Gasteiger charge is 2.51. The molecule has 0 bridgehead atoms. The van der Waals surface area contributed by atoms with Crippen molar-refractivity contribution in [3.8, 4) is 0 Å². The van der Waals surface area contributed by atoms with Crippen molar-refractivity contribution in [1.82, 2.24) is 0 Å². The van der Waals surface area contributed by atoms with Crippen LogP contribution in [-0.2, 0) is 10.8 Å². The summed E-state index contributed by atoms with van der Waals surface area (Å²) in [6.45, 7) is 14.4. The molecule has 0 saturated carbocycles. The summed E-state index contributed by atoms with van der Waals surface area (Å²) in [5.74, 6) is 1.44. The van der Waals surface area contributed by atoms with Crippen LogP contribution < -0.4 is 0 Å². The molecule has 0 saturated heterocycles. The van der Waals surface area contributed by atoms with Gasteiger partial charge in [-0.15, -0.1) is 0 Å². The van der Waals surface area contributed by atoms with Gasteiger partial charge in [0.1, 0.15) is 0 Å². The Hall–Kier alpha value is -0.780. The lowest BCUT2D eigenvalue weighted by atomic mass is 9.65. The number of hydrogen-bond acceptors (Lipinski definition) is 0. The zero-order valence-electron chi connectivity index (χ0n) is 11.5. The smallest absolute Gasteiger partial charge is 0.00617 e. The molecule has 0 spiro atoms. The first-order chi connectivity index (χ1) is 7.29. The van der Waals surface area contributed by atoms with Crippen LogP contribution in [0.25, 0.3) is 0 Å². The van der Waals surface area contributed by atoms with Gasteiger partial charge in [-0.05, 0) is 33.8 Å². The fourth-order valence-corrected chi connectivity index (χ4v) is 4.51. The van der Waals surface area contributed by atoms with Crippen LogP contribution in [0, 0.1) is 11.8 Å². The van der Waals surface area contributed by atoms with Crippen molar-refractivity contribution in [2.75, 3.05) is 0 Å². The summed E-state index contributed by atoms with van der Waals surface area (Å²) in [7, 11) is 0. The quantitative estimate of drug-likeness (QED) is 0.647. The van der Waals surface area contributed by atoms with E-state index >= 15 is 0 Å². The van der Waals surface area contributed by atoms with E-state index in [1.165, 1.54) is 0 Å². The summed E-state index contributed by atoms with van der Waals surface area (Å²) in [4.78, 5) is 0. The fourth-order valence-electron chi connectivity index (χ4n) is 4.51. The molecule has 0 atom stereocenters. The maximum absolute atomic E-state index is 2.41. The third kappa shape index (κ3) is 1.35. The van der Waals surface area contributed by atoms with Gasteiger partial charge >= 0.3 is 0 Å². The Balaban J connectivity index is 2.66. The summed E-state index contributed by atoms with van der Waals surface area (Å²) in [5.41, 5.74) is 3.71. The van der Waals surface area contributed by atoms with E-state index in [0.717, 1.165) is 11.8 Å². The largest absolute Gasteiger partial charge is 0.0624 e. The lowest BCUT2D eigenvalue weighted by molar-refractivity contribution is 0.174. The summed E-state index contributed by atoms with van der Waals surface area (Å²) >= 11 is 0. The second-order valence-electron chi connectivity index (χ2n) is 6.71. The first-order valence-corrected chi connectivity index (χ1v) is 6.39. The molecule has 1 aromatic rings. The van der Waals surface area contributed by atoms with E-state index in [1.807, 2.05) is 0 Å². The van der Waals surface area contributed by atoms with Gasteiger partial charge in [-0.1, -0.05) is 65.8 Å². The molecule has 0 fully saturated rings. The Morgan fingerprint density at radius 3 is 1.56 bits per heavy atom. The molecule has 0 amide bonds. The van der Waals surface area contributed by atoms with E-state index in [1.54, 1.807) is 11.1 Å². The van der Waals surface area contributed by atoms with Crippen LogP contribution in [0.15, 0.2) is 24.3 Å². The van der Waals surface area contributed by atoms with Crippen LogP contribution in [0.3, 0.4) is 0 Å². The highest BCUT2D eigenvalue weighted by molar-refractivity contribution is 5.46. The molecule has 2 rings (SSSR count). The van der Waals surface area contributed by atoms with Crippen LogP contribution in [0.5, 0.6) is 0 Å². The molecule has 16 heavy (non-hydrogen) atoms. The first-order valence-electron chi connectivity index (χ1n) is 6.39. The Morgan fingerprint density at radius 2 is 1.25 bits per heavy atom. The summed E-state index contributed by atoms with van der Waals surface area (Å²) < 4.78 is 0. The van der Waals surface area contributed by atoms with E-state index in [4.69, 9.17) is 0 Å². The molecule has 0 N–H and O–H groups in total. The molecule has 0 nitrogen and oxygen atoms in total. The average Bonchev–Trinajstić information content (AvgIpc) is 2.31. The minimum Gasteiger partial charge on any atom is -0.0624 e. The summed E-state index contributed by atoms with van der Waals surface area (Å²) in [5, 5.41) is 0. The van der Waals surface area contributed by atoms with E-state index in [-0.39, 0.29) is 0 Å². The van der Waals surface area contributed by atoms with E-state index in [2.05, 4.69) is 65.8 Å². The van der Waals surface area contributed by atoms with Crippen molar-refractivity contribution in [2.45, 2.75) is 52.4 Å². The molecule has 1 aliphatic rings. The molecule has 0 heterocycles. The first kappa shape index (κ1) is 11.7. The van der Waals surface area contributed by atoms with Gasteiger partial charge in [-0.25, -0.2) is 0 Å². The molecule has 0 radical (unpaired) electrons. The molecule has 88 valence electrons. The van der Waals surface area contributed by atoms with Gasteiger partial charge in [-0.2, -0.15) is 0 Å².